The minimum Gasteiger partial charge on any atom is -0.380 e. The lowest BCUT2D eigenvalue weighted by Gasteiger charge is -2.05. The maximum absolute atomic E-state index is 5.51. The van der Waals surface area contributed by atoms with Crippen molar-refractivity contribution in [2.75, 3.05) is 16.8 Å². The van der Waals surface area contributed by atoms with E-state index in [4.69, 9.17) is 11.5 Å². The Morgan fingerprint density at radius 2 is 1.69 bits per heavy atom. The maximum Gasteiger partial charge on any atom is 0.249 e. The molecule has 5 N–H and O–H groups in total. The van der Waals surface area contributed by atoms with Gasteiger partial charge >= 0.3 is 0 Å². The summed E-state index contributed by atoms with van der Waals surface area (Å²) in [5.41, 5.74) is 11.8. The van der Waals surface area contributed by atoms with Crippen molar-refractivity contribution in [3.63, 3.8) is 0 Å². The Hall–Kier alpha value is -1.89. The SMILES string of the molecule is Nc1nnc(Nc2ccc(Br)cc2)nc1N. The van der Waals surface area contributed by atoms with Gasteiger partial charge in [0.05, 0.1) is 0 Å². The van der Waals surface area contributed by atoms with Crippen LogP contribution in [0, 0.1) is 0 Å². The summed E-state index contributed by atoms with van der Waals surface area (Å²) in [4.78, 5) is 3.95. The first-order valence-corrected chi connectivity index (χ1v) is 5.23. The average Bonchev–Trinajstić information content (AvgIpc) is 2.27. The summed E-state index contributed by atoms with van der Waals surface area (Å²) >= 11 is 3.34. The molecular formula is C9H9BrN6. The molecule has 0 spiro atoms. The van der Waals surface area contributed by atoms with Crippen LogP contribution in [0.15, 0.2) is 28.7 Å². The summed E-state index contributed by atoms with van der Waals surface area (Å²) in [5, 5.41) is 10.4. The first-order chi connectivity index (χ1) is 7.65. The molecule has 0 fully saturated rings. The highest BCUT2D eigenvalue weighted by molar-refractivity contribution is 9.10. The summed E-state index contributed by atoms with van der Waals surface area (Å²) in [5.74, 6) is 0.602. The van der Waals surface area contributed by atoms with Crippen LogP contribution in [-0.2, 0) is 0 Å². The number of nitrogens with two attached hydrogens (primary N) is 2. The molecule has 0 radical (unpaired) electrons. The Morgan fingerprint density at radius 3 is 2.31 bits per heavy atom. The molecule has 1 heterocycles. The molecule has 0 amide bonds. The molecule has 1 aromatic carbocycles. The summed E-state index contributed by atoms with van der Waals surface area (Å²) in [6, 6.07) is 7.55. The van der Waals surface area contributed by atoms with E-state index in [2.05, 4.69) is 36.4 Å². The van der Waals surface area contributed by atoms with Gasteiger partial charge in [-0.2, -0.15) is 4.98 Å². The van der Waals surface area contributed by atoms with Gasteiger partial charge in [-0.25, -0.2) is 0 Å². The van der Waals surface area contributed by atoms with Crippen molar-refractivity contribution in [2.24, 2.45) is 0 Å². The van der Waals surface area contributed by atoms with E-state index < -0.39 is 0 Å². The van der Waals surface area contributed by atoms with Crippen LogP contribution in [0.2, 0.25) is 0 Å². The Labute approximate surface area is 100 Å². The molecular weight excluding hydrogens is 272 g/mol. The molecule has 2 rings (SSSR count). The summed E-state index contributed by atoms with van der Waals surface area (Å²) in [6.07, 6.45) is 0. The summed E-state index contributed by atoms with van der Waals surface area (Å²) in [7, 11) is 0. The van der Waals surface area contributed by atoms with Crippen LogP contribution < -0.4 is 16.8 Å². The van der Waals surface area contributed by atoms with Gasteiger partial charge in [0.15, 0.2) is 11.6 Å². The zero-order chi connectivity index (χ0) is 11.5. The molecule has 0 bridgehead atoms. The zero-order valence-electron chi connectivity index (χ0n) is 8.18. The van der Waals surface area contributed by atoms with E-state index in [-0.39, 0.29) is 11.6 Å². The Kier molecular flexibility index (Phi) is 2.86. The van der Waals surface area contributed by atoms with Crippen LogP contribution >= 0.6 is 15.9 Å². The van der Waals surface area contributed by atoms with Gasteiger partial charge in [-0.3, -0.25) is 0 Å². The lowest BCUT2D eigenvalue weighted by Crippen LogP contribution is -2.06. The number of rotatable bonds is 2. The monoisotopic (exact) mass is 280 g/mol. The van der Waals surface area contributed by atoms with Crippen LogP contribution in [0.1, 0.15) is 0 Å². The second kappa shape index (κ2) is 4.31. The predicted molar refractivity (Wildman–Crippen MR) is 66.1 cm³/mol. The van der Waals surface area contributed by atoms with Gasteiger partial charge in [0.25, 0.3) is 0 Å². The first-order valence-electron chi connectivity index (χ1n) is 4.43. The van der Waals surface area contributed by atoms with Crippen LogP contribution in [0.25, 0.3) is 0 Å². The normalized spacial score (nSPS) is 10.1. The molecule has 82 valence electrons. The van der Waals surface area contributed by atoms with E-state index in [9.17, 15) is 0 Å². The van der Waals surface area contributed by atoms with Gasteiger partial charge in [0, 0.05) is 10.2 Å². The molecule has 0 atom stereocenters. The van der Waals surface area contributed by atoms with Crippen LogP contribution in [0.4, 0.5) is 23.3 Å². The summed E-state index contributed by atoms with van der Waals surface area (Å²) < 4.78 is 0.994. The van der Waals surface area contributed by atoms with Gasteiger partial charge in [0.1, 0.15) is 0 Å². The second-order valence-corrected chi connectivity index (χ2v) is 3.95. The Balaban J connectivity index is 2.20. The Morgan fingerprint density at radius 1 is 1.00 bits per heavy atom. The van der Waals surface area contributed by atoms with Crippen molar-refractivity contribution in [3.05, 3.63) is 28.7 Å². The smallest absolute Gasteiger partial charge is 0.249 e. The molecule has 7 heteroatoms. The Bertz CT molecular complexity index is 498. The van der Waals surface area contributed by atoms with Crippen molar-refractivity contribution in [1.82, 2.24) is 15.2 Å². The molecule has 0 saturated heterocycles. The molecule has 16 heavy (non-hydrogen) atoms. The molecule has 6 nitrogen and oxygen atoms in total. The fraction of sp³-hybridized carbons (Fsp3) is 0. The van der Waals surface area contributed by atoms with E-state index in [1.54, 1.807) is 0 Å². The highest BCUT2D eigenvalue weighted by atomic mass is 79.9. The average molecular weight is 281 g/mol. The van der Waals surface area contributed by atoms with Crippen molar-refractivity contribution < 1.29 is 0 Å². The van der Waals surface area contributed by atoms with E-state index in [1.165, 1.54) is 0 Å². The first kappa shape index (κ1) is 10.6. The number of anilines is 4. The molecule has 0 aliphatic carbocycles. The van der Waals surface area contributed by atoms with Gasteiger partial charge in [-0.1, -0.05) is 15.9 Å². The number of hydrogen-bond donors (Lipinski definition) is 3. The third-order valence-electron chi connectivity index (χ3n) is 1.84. The molecule has 2 aromatic rings. The van der Waals surface area contributed by atoms with Crippen molar-refractivity contribution in [3.8, 4) is 0 Å². The van der Waals surface area contributed by atoms with E-state index in [0.29, 0.717) is 5.95 Å². The number of hydrogen-bond acceptors (Lipinski definition) is 6. The van der Waals surface area contributed by atoms with E-state index in [0.717, 1.165) is 10.2 Å². The number of benzene rings is 1. The van der Waals surface area contributed by atoms with E-state index in [1.807, 2.05) is 24.3 Å². The third-order valence-corrected chi connectivity index (χ3v) is 2.37. The lowest BCUT2D eigenvalue weighted by atomic mass is 10.3. The topological polar surface area (TPSA) is 103 Å². The van der Waals surface area contributed by atoms with Crippen LogP contribution in [-0.4, -0.2) is 15.2 Å². The van der Waals surface area contributed by atoms with Gasteiger partial charge < -0.3 is 16.8 Å². The van der Waals surface area contributed by atoms with Crippen LogP contribution in [0.3, 0.4) is 0 Å². The number of aromatic nitrogens is 3. The molecule has 0 aliphatic rings. The van der Waals surface area contributed by atoms with Crippen molar-refractivity contribution >= 4 is 39.2 Å². The van der Waals surface area contributed by atoms with E-state index >= 15 is 0 Å². The minimum absolute atomic E-state index is 0.126. The van der Waals surface area contributed by atoms with Gasteiger partial charge in [0.2, 0.25) is 5.95 Å². The number of nitrogen functional groups attached to an aromatic ring is 2. The van der Waals surface area contributed by atoms with Gasteiger partial charge in [-0.15, -0.1) is 10.2 Å². The quantitative estimate of drug-likeness (QED) is 0.771. The lowest BCUT2D eigenvalue weighted by molar-refractivity contribution is 0.996. The van der Waals surface area contributed by atoms with Gasteiger partial charge in [-0.05, 0) is 24.3 Å². The fourth-order valence-electron chi connectivity index (χ4n) is 1.06. The number of halogens is 1. The number of nitrogens with zero attached hydrogens (tertiary/aromatic N) is 3. The highest BCUT2D eigenvalue weighted by Gasteiger charge is 2.02. The maximum atomic E-state index is 5.51. The third kappa shape index (κ3) is 2.37. The van der Waals surface area contributed by atoms with Crippen LogP contribution in [0.5, 0.6) is 0 Å². The number of nitrogens with one attached hydrogen (secondary N) is 1. The molecule has 1 aromatic heterocycles. The molecule has 0 aliphatic heterocycles. The molecule has 0 saturated carbocycles. The predicted octanol–water partition coefficient (Wildman–Crippen LogP) is 1.54. The van der Waals surface area contributed by atoms with Crippen molar-refractivity contribution in [1.29, 1.82) is 0 Å². The second-order valence-electron chi connectivity index (χ2n) is 3.04. The standard InChI is InChI=1S/C9H9BrN6/c10-5-1-3-6(4-2-5)13-9-14-7(11)8(12)15-16-9/h1-4H,(H2,12,15)(H3,11,13,14,16). The summed E-state index contributed by atoms with van der Waals surface area (Å²) in [6.45, 7) is 0. The molecule has 0 unspecified atom stereocenters. The fourth-order valence-corrected chi connectivity index (χ4v) is 1.33. The van der Waals surface area contributed by atoms with Crippen molar-refractivity contribution in [2.45, 2.75) is 0 Å². The highest BCUT2D eigenvalue weighted by Crippen LogP contribution is 2.17. The minimum atomic E-state index is 0.126. The zero-order valence-corrected chi connectivity index (χ0v) is 9.77. The largest absolute Gasteiger partial charge is 0.380 e.